The van der Waals surface area contributed by atoms with E-state index < -0.39 is 27.9 Å². The molecule has 1 aromatic carbocycles. The molecule has 2 N–H and O–H groups in total. The summed E-state index contributed by atoms with van der Waals surface area (Å²) < 4.78 is 32.6. The Hall–Kier alpha value is -2.19. The molecular formula is C19H28N2O5S. The summed E-state index contributed by atoms with van der Waals surface area (Å²) in [5.74, 6) is -1.42. The predicted molar refractivity (Wildman–Crippen MR) is 104 cm³/mol. The van der Waals surface area contributed by atoms with Gasteiger partial charge in [-0.3, -0.25) is 9.59 Å². The highest BCUT2D eigenvalue weighted by atomic mass is 32.2. The molecule has 150 valence electrons. The van der Waals surface area contributed by atoms with Crippen LogP contribution < -0.4 is 10.0 Å². The van der Waals surface area contributed by atoms with Crippen LogP contribution in [0.1, 0.15) is 32.3 Å². The number of amides is 1. The molecule has 0 aliphatic heterocycles. The van der Waals surface area contributed by atoms with Crippen LogP contribution in [0.2, 0.25) is 0 Å². The molecule has 0 fully saturated rings. The lowest BCUT2D eigenvalue weighted by Crippen LogP contribution is -2.51. The predicted octanol–water partition coefficient (Wildman–Crippen LogP) is 1.92. The van der Waals surface area contributed by atoms with Crippen molar-refractivity contribution in [1.82, 2.24) is 10.0 Å². The molecule has 0 unspecified atom stereocenters. The summed E-state index contributed by atoms with van der Waals surface area (Å²) in [6, 6.07) is 5.35. The topological polar surface area (TPSA) is 102 Å². The standard InChI is InChI=1S/C19H28N2O5S/c1-5-7-12-26-17(22)13-20-19(23)18(15(4)6-2)21-27(24,25)16-10-8-14(3)9-11-16/h5,8-11,15,18,21H,1,6-7,12-13H2,2-4H3,(H,20,23)/t15-,18-/m0/s1. The zero-order chi connectivity index (χ0) is 20.4. The normalized spacial score (nSPS) is 13.4. The van der Waals surface area contributed by atoms with Crippen LogP contribution in [0.15, 0.2) is 41.8 Å². The number of sulfonamides is 1. The van der Waals surface area contributed by atoms with Gasteiger partial charge in [-0.15, -0.1) is 6.58 Å². The van der Waals surface area contributed by atoms with Crippen LogP contribution in [0.3, 0.4) is 0 Å². The molecule has 0 spiro atoms. The Balaban J connectivity index is 2.80. The number of carbonyl (C=O) groups excluding carboxylic acids is 2. The van der Waals surface area contributed by atoms with Crippen molar-refractivity contribution < 1.29 is 22.7 Å². The summed E-state index contributed by atoms with van der Waals surface area (Å²) in [7, 11) is -3.87. The van der Waals surface area contributed by atoms with Gasteiger partial charge in [0.15, 0.2) is 0 Å². The van der Waals surface area contributed by atoms with Crippen LogP contribution in [0.25, 0.3) is 0 Å². The molecule has 1 amide bonds. The lowest BCUT2D eigenvalue weighted by Gasteiger charge is -2.23. The van der Waals surface area contributed by atoms with Crippen molar-refractivity contribution >= 4 is 21.9 Å². The maximum atomic E-state index is 12.6. The van der Waals surface area contributed by atoms with E-state index in [0.29, 0.717) is 12.8 Å². The van der Waals surface area contributed by atoms with E-state index in [9.17, 15) is 18.0 Å². The van der Waals surface area contributed by atoms with Crippen molar-refractivity contribution in [2.45, 2.75) is 44.6 Å². The van der Waals surface area contributed by atoms with Gasteiger partial charge in [-0.25, -0.2) is 8.42 Å². The van der Waals surface area contributed by atoms with Gasteiger partial charge >= 0.3 is 5.97 Å². The van der Waals surface area contributed by atoms with Crippen molar-refractivity contribution in [3.63, 3.8) is 0 Å². The minimum Gasteiger partial charge on any atom is -0.464 e. The number of nitrogens with one attached hydrogen (secondary N) is 2. The average molecular weight is 397 g/mol. The first-order valence-electron chi connectivity index (χ1n) is 8.84. The van der Waals surface area contributed by atoms with E-state index in [0.717, 1.165) is 5.56 Å². The molecule has 0 aromatic heterocycles. The number of aryl methyl sites for hydroxylation is 1. The molecule has 8 heteroatoms. The van der Waals surface area contributed by atoms with Crippen LogP contribution in [-0.2, 0) is 24.3 Å². The van der Waals surface area contributed by atoms with Gasteiger partial charge in [-0.2, -0.15) is 4.72 Å². The number of benzene rings is 1. The number of ether oxygens (including phenoxy) is 1. The monoisotopic (exact) mass is 396 g/mol. The van der Waals surface area contributed by atoms with E-state index in [4.69, 9.17) is 4.74 Å². The zero-order valence-electron chi connectivity index (χ0n) is 16.0. The number of carbonyl (C=O) groups is 2. The van der Waals surface area contributed by atoms with Crippen LogP contribution in [0.4, 0.5) is 0 Å². The zero-order valence-corrected chi connectivity index (χ0v) is 16.8. The molecule has 1 rings (SSSR count). The lowest BCUT2D eigenvalue weighted by molar-refractivity contribution is -0.144. The van der Waals surface area contributed by atoms with Gasteiger partial charge in [0.05, 0.1) is 11.5 Å². The van der Waals surface area contributed by atoms with Crippen molar-refractivity contribution in [2.75, 3.05) is 13.2 Å². The first kappa shape index (κ1) is 22.9. The third-order valence-corrected chi connectivity index (χ3v) is 5.56. The van der Waals surface area contributed by atoms with Gasteiger partial charge in [-0.05, 0) is 31.4 Å². The number of hydrogen-bond donors (Lipinski definition) is 2. The average Bonchev–Trinajstić information content (AvgIpc) is 2.64. The van der Waals surface area contributed by atoms with Gasteiger partial charge < -0.3 is 10.1 Å². The van der Waals surface area contributed by atoms with E-state index in [1.165, 1.54) is 12.1 Å². The number of rotatable bonds is 11. The van der Waals surface area contributed by atoms with Gasteiger partial charge in [0, 0.05) is 0 Å². The minimum atomic E-state index is -3.87. The first-order valence-corrected chi connectivity index (χ1v) is 10.3. The van der Waals surface area contributed by atoms with Gasteiger partial charge in [-0.1, -0.05) is 44.0 Å². The maximum Gasteiger partial charge on any atom is 0.325 e. The molecule has 0 bridgehead atoms. The number of hydrogen-bond acceptors (Lipinski definition) is 5. The molecule has 2 atom stereocenters. The molecule has 0 radical (unpaired) electrons. The second-order valence-corrected chi connectivity index (χ2v) is 8.03. The van der Waals surface area contributed by atoms with Crippen molar-refractivity contribution in [2.24, 2.45) is 5.92 Å². The van der Waals surface area contributed by atoms with Crippen LogP contribution in [0, 0.1) is 12.8 Å². The summed E-state index contributed by atoms with van der Waals surface area (Å²) in [6.45, 7) is 8.86. The molecule has 0 aliphatic carbocycles. The van der Waals surface area contributed by atoms with Crippen LogP contribution >= 0.6 is 0 Å². The Morgan fingerprint density at radius 2 is 1.89 bits per heavy atom. The maximum absolute atomic E-state index is 12.6. The highest BCUT2D eigenvalue weighted by Crippen LogP contribution is 2.15. The summed E-state index contributed by atoms with van der Waals surface area (Å²) >= 11 is 0. The third kappa shape index (κ3) is 7.52. The highest BCUT2D eigenvalue weighted by molar-refractivity contribution is 7.89. The van der Waals surface area contributed by atoms with Crippen molar-refractivity contribution in [1.29, 1.82) is 0 Å². The first-order chi connectivity index (χ1) is 12.7. The highest BCUT2D eigenvalue weighted by Gasteiger charge is 2.29. The van der Waals surface area contributed by atoms with Crippen LogP contribution in [0.5, 0.6) is 0 Å². The Morgan fingerprint density at radius 3 is 2.44 bits per heavy atom. The van der Waals surface area contributed by atoms with E-state index in [1.807, 2.05) is 13.8 Å². The minimum absolute atomic E-state index is 0.0815. The quantitative estimate of drug-likeness (QED) is 0.338. The molecule has 1 aromatic rings. The van der Waals surface area contributed by atoms with Crippen molar-refractivity contribution in [3.8, 4) is 0 Å². The largest absolute Gasteiger partial charge is 0.464 e. The second kappa shape index (κ2) is 10.8. The summed E-state index contributed by atoms with van der Waals surface area (Å²) in [5.41, 5.74) is 0.931. The van der Waals surface area contributed by atoms with E-state index in [1.54, 1.807) is 25.1 Å². The molecule has 27 heavy (non-hydrogen) atoms. The molecule has 0 heterocycles. The van der Waals surface area contributed by atoms with E-state index >= 15 is 0 Å². The fraction of sp³-hybridized carbons (Fsp3) is 0.474. The van der Waals surface area contributed by atoms with Gasteiger partial charge in [0.25, 0.3) is 0 Å². The van der Waals surface area contributed by atoms with Crippen molar-refractivity contribution in [3.05, 3.63) is 42.5 Å². The summed E-state index contributed by atoms with van der Waals surface area (Å²) in [6.07, 6.45) is 2.72. The second-order valence-electron chi connectivity index (χ2n) is 6.31. The van der Waals surface area contributed by atoms with Gasteiger partial charge in [0.1, 0.15) is 12.6 Å². The van der Waals surface area contributed by atoms with E-state index in [2.05, 4.69) is 16.6 Å². The Kier molecular flexibility index (Phi) is 9.17. The summed E-state index contributed by atoms with van der Waals surface area (Å²) in [4.78, 5) is 24.2. The Labute approximate surface area is 161 Å². The van der Waals surface area contributed by atoms with Gasteiger partial charge in [0.2, 0.25) is 15.9 Å². The third-order valence-electron chi connectivity index (χ3n) is 4.10. The fourth-order valence-corrected chi connectivity index (χ4v) is 3.50. The smallest absolute Gasteiger partial charge is 0.325 e. The Morgan fingerprint density at radius 1 is 1.26 bits per heavy atom. The van der Waals surface area contributed by atoms with E-state index in [-0.39, 0.29) is 24.0 Å². The molecule has 7 nitrogen and oxygen atoms in total. The fourth-order valence-electron chi connectivity index (χ4n) is 2.19. The Bertz CT molecular complexity index is 744. The SMILES string of the molecule is C=CCCOC(=O)CNC(=O)[C@@H](NS(=O)(=O)c1ccc(C)cc1)[C@@H](C)CC. The molecule has 0 aliphatic rings. The summed E-state index contributed by atoms with van der Waals surface area (Å²) in [5, 5.41) is 2.44. The molecular weight excluding hydrogens is 368 g/mol. The number of esters is 1. The lowest BCUT2D eigenvalue weighted by atomic mass is 9.99. The molecule has 0 saturated carbocycles. The van der Waals surface area contributed by atoms with Crippen LogP contribution in [-0.4, -0.2) is 39.5 Å². The molecule has 0 saturated heterocycles.